The van der Waals surface area contributed by atoms with Crippen molar-refractivity contribution in [3.63, 3.8) is 0 Å². The lowest BCUT2D eigenvalue weighted by Gasteiger charge is -2.36. The van der Waals surface area contributed by atoms with Gasteiger partial charge in [-0.05, 0) is 222 Å². The van der Waals surface area contributed by atoms with Gasteiger partial charge in [-0.25, -0.2) is 33.7 Å². The topological polar surface area (TPSA) is 214 Å². The molecule has 0 fully saturated rings. The van der Waals surface area contributed by atoms with Crippen molar-refractivity contribution in [2.75, 3.05) is 0 Å². The van der Waals surface area contributed by atoms with Gasteiger partial charge < -0.3 is 29.2 Å². The van der Waals surface area contributed by atoms with Crippen molar-refractivity contribution < 1.29 is 62.8 Å². The van der Waals surface area contributed by atoms with Gasteiger partial charge in [0.1, 0.15) is 46.7 Å². The summed E-state index contributed by atoms with van der Waals surface area (Å²) in [5, 5.41) is 19.6. The molecule has 0 saturated heterocycles. The van der Waals surface area contributed by atoms with E-state index in [0.29, 0.717) is 46.6 Å². The van der Waals surface area contributed by atoms with Crippen molar-refractivity contribution in [1.82, 2.24) is 0 Å². The number of phenols is 2. The Morgan fingerprint density at radius 3 is 0.911 bits per heavy atom. The fraction of sp³-hybridized carbons (Fsp3) is 0.0833. The van der Waals surface area contributed by atoms with E-state index in [0.717, 1.165) is 22.3 Å². The van der Waals surface area contributed by atoms with Gasteiger partial charge in [0, 0.05) is 5.56 Å². The number of phenolic OH excluding ortho intramolecular Hbond substituents is 2. The summed E-state index contributed by atoms with van der Waals surface area (Å²) in [7, 11) is -16.1. The van der Waals surface area contributed by atoms with Gasteiger partial charge in [-0.3, -0.25) is 0 Å². The second-order valence-electron chi connectivity index (χ2n) is 21.8. The van der Waals surface area contributed by atoms with Crippen LogP contribution in [0.25, 0.3) is 0 Å². The number of hydrogen-bond donors (Lipinski definition) is 2. The Kier molecular flexibility index (Phi) is 15.4. The highest BCUT2D eigenvalue weighted by atomic mass is 32.2. The van der Waals surface area contributed by atoms with Crippen molar-refractivity contribution in [2.24, 2.45) is 0 Å². The van der Waals surface area contributed by atoms with Crippen molar-refractivity contribution in [2.45, 2.75) is 76.4 Å². The molecule has 90 heavy (non-hydrogen) atoms. The minimum absolute atomic E-state index is 0.00120. The number of hydrogen-bond acceptors (Lipinski definition) is 14. The number of rotatable bonds is 6. The molecule has 0 aliphatic carbocycles. The summed E-state index contributed by atoms with van der Waals surface area (Å²) in [6, 6.07) is 70.7. The van der Waals surface area contributed by atoms with Gasteiger partial charge in [-0.2, -0.15) is 0 Å². The molecule has 0 saturated carbocycles. The van der Waals surface area contributed by atoms with Crippen LogP contribution in [-0.2, 0) is 64.4 Å². The lowest BCUT2D eigenvalue weighted by atomic mass is 9.93. The zero-order valence-electron chi connectivity index (χ0n) is 47.6. The maximum atomic E-state index is 14.4. The first kappa shape index (κ1) is 59.0. The van der Waals surface area contributed by atoms with Crippen molar-refractivity contribution >= 4 is 39.3 Å². The molecule has 11 aromatic rings. The molecule has 12 aliphatic rings. The standard InChI is InChI=1S/C72H54O14S4/c73-56-19-35-64(36-20-56)87(75,76)62-31-13-53(14-32-62)70-51-9-3-48(4-10-51)1-2-49-7-17-55(18-8-49)72(85-60-27-43-68(44-28-60)89(79,80)66-39-23-58(83-70)24-40-66)47-50-5-11-52(12-6-50)71(54-15-33-63(34-16-54)88(77,78)65-37-21-57(74)22-38-65)84-59-25-41-67(42-26-59)90(81,82)69-45-29-61(86-72)30-46-69/h3-46,70-71,73-74H,1-2,47H2. The van der Waals surface area contributed by atoms with E-state index in [4.69, 9.17) is 18.9 Å². The largest absolute Gasteiger partial charge is 0.508 e. The molecule has 14 nitrogen and oxygen atoms in total. The van der Waals surface area contributed by atoms with Gasteiger partial charge in [0.05, 0.1) is 45.6 Å². The number of fused-ring (bicyclic) bond motifs is 1. The van der Waals surface area contributed by atoms with E-state index in [2.05, 4.69) is 0 Å². The molecule has 12 heterocycles. The molecule has 0 amide bonds. The predicted molar refractivity (Wildman–Crippen MR) is 335 cm³/mol. The van der Waals surface area contributed by atoms with Crippen LogP contribution in [0.3, 0.4) is 0 Å². The van der Waals surface area contributed by atoms with E-state index in [1.165, 1.54) is 121 Å². The van der Waals surface area contributed by atoms with Gasteiger partial charge in [0.25, 0.3) is 5.79 Å². The maximum absolute atomic E-state index is 14.4. The normalized spacial score (nSPS) is 17.8. The van der Waals surface area contributed by atoms with E-state index in [-0.39, 0.29) is 68.6 Å². The SMILES string of the molecule is O=S1(=O)c2ccc(cc2)OC(c2ccc(S(=O)(=O)c3ccc(O)cc3)cc2)c2ccc(cc2)CCc2ccc(cc2)C2(Cc3ccc(cc3)C(c3ccc(S(=O)(=O)c4ccc(O)cc4)cc3)Oc3ccc(cc3)S(=O)(=O)c3ccc(cc3)O2)Oc2ccc1cc2. The summed E-state index contributed by atoms with van der Waals surface area (Å²) in [4.78, 5) is 0.0747. The molecule has 0 radical (unpaired) electrons. The van der Waals surface area contributed by atoms with E-state index in [9.17, 15) is 43.9 Å². The summed E-state index contributed by atoms with van der Waals surface area (Å²) < 4.78 is 139. The van der Waals surface area contributed by atoms with Crippen LogP contribution in [0, 0.1) is 0 Å². The van der Waals surface area contributed by atoms with Crippen LogP contribution in [0.5, 0.6) is 34.5 Å². The first-order valence-electron chi connectivity index (χ1n) is 28.5. The van der Waals surface area contributed by atoms with Crippen LogP contribution < -0.4 is 18.9 Å². The zero-order chi connectivity index (χ0) is 62.4. The third-order valence-corrected chi connectivity index (χ3v) is 23.1. The second-order valence-corrected chi connectivity index (χ2v) is 29.6. The van der Waals surface area contributed by atoms with E-state index < -0.39 is 57.3 Å². The van der Waals surface area contributed by atoms with Crippen LogP contribution in [0.4, 0.5) is 0 Å². The first-order valence-corrected chi connectivity index (χ1v) is 34.4. The average Bonchev–Trinajstić information content (AvgIpc) is 0.996. The van der Waals surface area contributed by atoms with Crippen LogP contribution in [0.15, 0.2) is 306 Å². The van der Waals surface area contributed by atoms with Gasteiger partial charge in [-0.15, -0.1) is 0 Å². The third kappa shape index (κ3) is 11.8. The van der Waals surface area contributed by atoms with E-state index in [1.807, 2.05) is 72.8 Å². The Bertz CT molecular complexity index is 4900. The fourth-order valence-electron chi connectivity index (χ4n) is 11.0. The lowest BCUT2D eigenvalue weighted by Crippen LogP contribution is -2.42. The molecule has 12 aliphatic heterocycles. The molecule has 23 rings (SSSR count). The molecular formula is C72H54O14S4. The number of aryl methyl sites for hydroxylation is 2. The Balaban J connectivity index is 0.875. The van der Waals surface area contributed by atoms with E-state index >= 15 is 0 Å². The Morgan fingerprint density at radius 2 is 0.589 bits per heavy atom. The van der Waals surface area contributed by atoms with Gasteiger partial charge in [-0.1, -0.05) is 97.1 Å². The quantitative estimate of drug-likeness (QED) is 0.158. The van der Waals surface area contributed by atoms with Crippen LogP contribution in [-0.4, -0.2) is 43.9 Å². The fourth-order valence-corrected chi connectivity index (χ4v) is 16.0. The molecule has 14 bridgehead atoms. The van der Waals surface area contributed by atoms with Crippen molar-refractivity contribution in [3.05, 3.63) is 311 Å². The Hall–Kier alpha value is -9.98. The monoisotopic (exact) mass is 1270 g/mol. The molecule has 3 unspecified atom stereocenters. The molecule has 11 aromatic carbocycles. The van der Waals surface area contributed by atoms with E-state index in [1.54, 1.807) is 72.8 Å². The highest BCUT2D eigenvalue weighted by molar-refractivity contribution is 7.92. The molecule has 18 heteroatoms. The smallest absolute Gasteiger partial charge is 0.281 e. The molecular weight excluding hydrogens is 1220 g/mol. The van der Waals surface area contributed by atoms with Crippen LogP contribution in [0.2, 0.25) is 0 Å². The second kappa shape index (κ2) is 23.5. The molecule has 3 atom stereocenters. The summed E-state index contributed by atoms with van der Waals surface area (Å²) in [5.41, 5.74) is 5.95. The lowest BCUT2D eigenvalue weighted by molar-refractivity contribution is -0.121. The summed E-state index contributed by atoms with van der Waals surface area (Å²) in [5.74, 6) is -0.637. The van der Waals surface area contributed by atoms with Gasteiger partial charge >= 0.3 is 0 Å². The minimum Gasteiger partial charge on any atom is -0.508 e. The molecule has 450 valence electrons. The number of ether oxygens (including phenoxy) is 4. The average molecular weight is 1270 g/mol. The predicted octanol–water partition coefficient (Wildman–Crippen LogP) is 13.7. The molecule has 0 aromatic heterocycles. The zero-order valence-corrected chi connectivity index (χ0v) is 50.9. The Morgan fingerprint density at radius 1 is 0.322 bits per heavy atom. The van der Waals surface area contributed by atoms with Gasteiger partial charge in [0.2, 0.25) is 39.3 Å². The highest BCUT2D eigenvalue weighted by Crippen LogP contribution is 2.40. The van der Waals surface area contributed by atoms with Crippen LogP contribution >= 0.6 is 0 Å². The number of aromatic hydroxyl groups is 2. The minimum atomic E-state index is -4.14. The summed E-state index contributed by atoms with van der Waals surface area (Å²) in [6.45, 7) is 0. The highest BCUT2D eigenvalue weighted by Gasteiger charge is 2.39. The number of benzene rings is 11. The molecule has 1 spiro atoms. The van der Waals surface area contributed by atoms with Gasteiger partial charge in [0.15, 0.2) is 0 Å². The summed E-state index contributed by atoms with van der Waals surface area (Å²) >= 11 is 0. The maximum Gasteiger partial charge on any atom is 0.281 e. The first-order chi connectivity index (χ1) is 43.3. The van der Waals surface area contributed by atoms with Crippen LogP contribution in [0.1, 0.15) is 56.7 Å². The van der Waals surface area contributed by atoms with Crippen molar-refractivity contribution in [1.29, 1.82) is 0 Å². The number of sulfone groups is 4. The van der Waals surface area contributed by atoms with Crippen molar-refractivity contribution in [3.8, 4) is 34.5 Å². The summed E-state index contributed by atoms with van der Waals surface area (Å²) in [6.07, 6.45) is -0.245. The third-order valence-electron chi connectivity index (χ3n) is 16.0. The molecule has 2 N–H and O–H groups in total. The Labute approximate surface area is 521 Å².